The quantitative estimate of drug-likeness (QED) is 0.0490. The zero-order valence-electron chi connectivity index (χ0n) is 48.9. The molecule has 0 atom stereocenters. The molecule has 6 saturated heterocycles. The summed E-state index contributed by atoms with van der Waals surface area (Å²) in [5.41, 5.74) is 0. The zero-order chi connectivity index (χ0) is 55.8. The molecule has 0 N–H and O–H groups in total. The van der Waals surface area contributed by atoms with Gasteiger partial charge >= 0.3 is 70.4 Å². The van der Waals surface area contributed by atoms with Crippen molar-refractivity contribution in [3.63, 3.8) is 0 Å². The molecule has 0 amide bonds. The van der Waals surface area contributed by atoms with Crippen LogP contribution in [0.3, 0.4) is 0 Å². The third kappa shape index (κ3) is 14.4. The molecule has 8 bridgehead atoms. The molecule has 4 aromatic rings. The predicted molar refractivity (Wildman–Crippen MR) is 331 cm³/mol. The van der Waals surface area contributed by atoms with Crippen molar-refractivity contribution in [1.29, 1.82) is 0 Å². The van der Waals surface area contributed by atoms with Gasteiger partial charge < -0.3 is 49.4 Å². The summed E-state index contributed by atoms with van der Waals surface area (Å²) in [5.74, 6) is 0.566. The van der Waals surface area contributed by atoms with Crippen LogP contribution in [0.5, 0.6) is 0 Å². The van der Waals surface area contributed by atoms with Crippen molar-refractivity contribution >= 4 is 108 Å². The average molecular weight is 1240 g/mol. The standard InChI is InChI=1S/C55H89NO12P2Si8/c1-45(2)38-72-57-71(37-27-36-56(69(52-28-19-15-20-29-52)53-30-21-16-22-31-53)70(54-32-23-17-24-33-54)55-34-25-18-26-35-55)58-73(39-46(3)4)62-75(60-72,41-48(7)8)66-78(44-51(13)14)67-76(61-72,42-49(9)10)63-74(59-71,40-47(5)6)65-77(64-73,68-78)43-50(11)12/h15-26,28-35,45-51H,27,36-44H2,1-14H3. The van der Waals surface area contributed by atoms with Crippen molar-refractivity contribution in [1.82, 2.24) is 4.44 Å². The topological polar surface area (TPSA) is 114 Å². The van der Waals surface area contributed by atoms with Gasteiger partial charge in [-0.3, -0.25) is 0 Å². The maximum absolute atomic E-state index is 8.27. The molecule has 428 valence electrons. The fraction of sp³-hybridized carbons (Fsp3) is 0.564. The van der Waals surface area contributed by atoms with E-state index in [0.29, 0.717) is 61.3 Å². The van der Waals surface area contributed by atoms with Crippen molar-refractivity contribution in [2.24, 2.45) is 41.4 Å². The molecule has 0 aliphatic carbocycles. The normalized spacial score (nSPS) is 31.9. The minimum absolute atomic E-state index is 0.0675. The molecule has 4 aromatic carbocycles. The van der Waals surface area contributed by atoms with E-state index in [4.69, 9.17) is 49.4 Å². The summed E-state index contributed by atoms with van der Waals surface area (Å²) >= 11 is 0. The first-order valence-electron chi connectivity index (χ1n) is 28.9. The highest BCUT2D eigenvalue weighted by molar-refractivity contribution is 7.84. The van der Waals surface area contributed by atoms with E-state index in [1.165, 1.54) is 21.2 Å². The van der Waals surface area contributed by atoms with Crippen LogP contribution < -0.4 is 21.2 Å². The first-order valence-corrected chi connectivity index (χ1v) is 47.0. The Kier molecular flexibility index (Phi) is 19.6. The van der Waals surface area contributed by atoms with Gasteiger partial charge in [0.25, 0.3) is 0 Å². The number of hydrogen-bond acceptors (Lipinski definition) is 13. The van der Waals surface area contributed by atoms with Gasteiger partial charge in [0.1, 0.15) is 0 Å². The van der Waals surface area contributed by atoms with Crippen LogP contribution in [0.15, 0.2) is 121 Å². The van der Waals surface area contributed by atoms with Crippen LogP contribution in [0.2, 0.25) is 48.4 Å². The van der Waals surface area contributed by atoms with Crippen LogP contribution in [-0.2, 0) is 49.4 Å². The molecule has 6 aliphatic heterocycles. The minimum Gasteiger partial charge on any atom is -0.373 e. The Morgan fingerprint density at radius 3 is 0.641 bits per heavy atom. The van der Waals surface area contributed by atoms with Crippen molar-refractivity contribution in [2.45, 2.75) is 152 Å². The van der Waals surface area contributed by atoms with Crippen LogP contribution in [0.4, 0.5) is 0 Å². The highest BCUT2D eigenvalue weighted by Gasteiger charge is 2.83. The maximum Gasteiger partial charge on any atom is 0.479 e. The Labute approximate surface area is 479 Å². The molecule has 0 radical (unpaired) electrons. The van der Waals surface area contributed by atoms with Crippen LogP contribution in [0.25, 0.3) is 0 Å². The summed E-state index contributed by atoms with van der Waals surface area (Å²) in [5, 5.41) is 5.09. The second-order valence-electron chi connectivity index (χ2n) is 25.0. The third-order valence-electron chi connectivity index (χ3n) is 13.6. The van der Waals surface area contributed by atoms with E-state index in [1.54, 1.807) is 0 Å². The van der Waals surface area contributed by atoms with E-state index < -0.39 is 86.6 Å². The van der Waals surface area contributed by atoms with Crippen molar-refractivity contribution in [2.75, 3.05) is 6.54 Å². The fourth-order valence-corrected chi connectivity index (χ4v) is 69.4. The first-order chi connectivity index (χ1) is 36.9. The Morgan fingerprint density at radius 2 is 0.462 bits per heavy atom. The van der Waals surface area contributed by atoms with E-state index in [9.17, 15) is 0 Å². The van der Waals surface area contributed by atoms with Gasteiger partial charge in [0.15, 0.2) is 0 Å². The molecule has 10 rings (SSSR count). The van der Waals surface area contributed by atoms with Gasteiger partial charge in [-0.25, -0.2) is 4.44 Å². The zero-order valence-corrected chi connectivity index (χ0v) is 58.7. The van der Waals surface area contributed by atoms with Crippen molar-refractivity contribution in [3.8, 4) is 0 Å². The lowest BCUT2D eigenvalue weighted by molar-refractivity contribution is -0.0341. The molecular weight excluding hydrogens is 1150 g/mol. The number of benzene rings is 4. The molecule has 78 heavy (non-hydrogen) atoms. The van der Waals surface area contributed by atoms with Gasteiger partial charge in [0.05, 0.1) is 0 Å². The van der Waals surface area contributed by atoms with Crippen LogP contribution in [0.1, 0.15) is 103 Å². The highest BCUT2D eigenvalue weighted by Crippen LogP contribution is 2.58. The predicted octanol–water partition coefficient (Wildman–Crippen LogP) is 13.1. The summed E-state index contributed by atoms with van der Waals surface area (Å²) in [7, 11) is -34.9. The maximum atomic E-state index is 8.27. The Morgan fingerprint density at radius 1 is 0.282 bits per heavy atom. The first kappa shape index (κ1) is 61.5. The Balaban J connectivity index is 1.30. The monoisotopic (exact) mass is 1240 g/mol. The van der Waals surface area contributed by atoms with Gasteiger partial charge in [-0.15, -0.1) is 0 Å². The number of rotatable bonds is 24. The van der Waals surface area contributed by atoms with Gasteiger partial charge in [-0.05, 0) is 69.1 Å². The van der Waals surface area contributed by atoms with Crippen LogP contribution in [-0.4, -0.2) is 81.4 Å². The van der Waals surface area contributed by atoms with E-state index in [0.717, 1.165) is 0 Å². The van der Waals surface area contributed by atoms with Gasteiger partial charge in [-0.1, -0.05) is 218 Å². The SMILES string of the molecule is CC(C)C[Si]12O[Si]3(CCCN(P(c4ccccc4)c4ccccc4)P(c4ccccc4)c4ccccc4)O[Si]4(CC(C)C)O[Si](CC(C)C)(O1)O[Si]1(CC(C)C)O[Si](CC(C)C)(O2)O[Si](CC(C)C)(O3)O[Si](CC(C)C)(O4)O1. The molecule has 6 heterocycles. The Hall–Kier alpha value is -1.04. The Bertz CT molecular complexity index is 2260. The van der Waals surface area contributed by atoms with E-state index in [1.807, 2.05) is 0 Å². The molecule has 23 heteroatoms. The average Bonchev–Trinajstić information content (AvgIpc) is 3.48. The molecule has 0 saturated carbocycles. The summed E-state index contributed by atoms with van der Waals surface area (Å²) in [4.78, 5) is 0. The van der Waals surface area contributed by atoms with E-state index in [-0.39, 0.29) is 41.4 Å². The number of nitrogens with zero attached hydrogens (tertiary/aromatic N) is 1. The lowest BCUT2D eigenvalue weighted by Crippen LogP contribution is -2.88. The lowest BCUT2D eigenvalue weighted by Gasteiger charge is -2.64. The molecule has 0 spiro atoms. The van der Waals surface area contributed by atoms with Crippen molar-refractivity contribution in [3.05, 3.63) is 121 Å². The minimum atomic E-state index is -4.25. The molecule has 6 aliphatic rings. The lowest BCUT2D eigenvalue weighted by atomic mass is 10.3. The van der Waals surface area contributed by atoms with Gasteiger partial charge in [-0.2, -0.15) is 0 Å². The van der Waals surface area contributed by atoms with Crippen molar-refractivity contribution < 1.29 is 49.4 Å². The second-order valence-corrected chi connectivity index (χ2v) is 53.7. The summed E-state index contributed by atoms with van der Waals surface area (Å²) in [6.07, 6.45) is 0.624. The molecular formula is C55H89NO12P2Si8. The molecule has 6 fully saturated rings. The number of hydrogen-bond donors (Lipinski definition) is 0. The third-order valence-corrected chi connectivity index (χ3v) is 59.2. The smallest absolute Gasteiger partial charge is 0.373 e. The molecule has 0 aromatic heterocycles. The summed E-state index contributed by atoms with van der Waals surface area (Å²) in [6.45, 7) is 31.5. The summed E-state index contributed by atoms with van der Waals surface area (Å²) in [6, 6.07) is 47.8. The van der Waals surface area contributed by atoms with Gasteiger partial charge in [0.2, 0.25) is 0 Å². The van der Waals surface area contributed by atoms with E-state index >= 15 is 0 Å². The van der Waals surface area contributed by atoms with E-state index in [2.05, 4.69) is 223 Å². The second kappa shape index (κ2) is 24.9. The summed E-state index contributed by atoms with van der Waals surface area (Å²) < 4.78 is 100. The largest absolute Gasteiger partial charge is 0.479 e. The highest BCUT2D eigenvalue weighted by atomic mass is 31.2. The van der Waals surface area contributed by atoms with Crippen LogP contribution >= 0.6 is 16.1 Å². The molecule has 13 nitrogen and oxygen atoms in total. The molecule has 0 unspecified atom stereocenters. The van der Waals surface area contributed by atoms with Gasteiger partial charge in [0, 0.05) is 71.0 Å². The van der Waals surface area contributed by atoms with Crippen LogP contribution in [0, 0.1) is 41.4 Å². The fourth-order valence-electron chi connectivity index (χ4n) is 11.7.